The first kappa shape index (κ1) is 9.26. The van der Waals surface area contributed by atoms with E-state index in [0.29, 0.717) is 6.42 Å². The highest BCUT2D eigenvalue weighted by atomic mass is 32.2. The molecule has 0 aromatic carbocycles. The Morgan fingerprint density at radius 1 is 1.55 bits per heavy atom. The van der Waals surface area contributed by atoms with Crippen LogP contribution in [0.2, 0.25) is 0 Å². The third kappa shape index (κ3) is 2.60. The lowest BCUT2D eigenvalue weighted by Gasteiger charge is -2.19. The molecule has 2 nitrogen and oxygen atoms in total. The first-order valence-electron chi connectivity index (χ1n) is 3.51. The van der Waals surface area contributed by atoms with Gasteiger partial charge in [-0.15, -0.1) is 23.5 Å². The fourth-order valence-corrected chi connectivity index (χ4v) is 3.80. The van der Waals surface area contributed by atoms with Gasteiger partial charge in [-0.05, 0) is 6.92 Å². The van der Waals surface area contributed by atoms with E-state index in [1.165, 1.54) is 7.11 Å². The lowest BCUT2D eigenvalue weighted by atomic mass is 10.3. The zero-order valence-electron chi connectivity index (χ0n) is 6.75. The molecule has 64 valence electrons. The molecular weight excluding hydrogens is 180 g/mol. The lowest BCUT2D eigenvalue weighted by molar-refractivity contribution is -0.140. The van der Waals surface area contributed by atoms with Gasteiger partial charge < -0.3 is 4.74 Å². The van der Waals surface area contributed by atoms with E-state index >= 15 is 0 Å². The van der Waals surface area contributed by atoms with Crippen LogP contribution >= 0.6 is 23.5 Å². The van der Waals surface area contributed by atoms with Gasteiger partial charge in [-0.2, -0.15) is 0 Å². The number of hydrogen-bond donors (Lipinski definition) is 0. The van der Waals surface area contributed by atoms with Crippen LogP contribution in [0.15, 0.2) is 0 Å². The van der Waals surface area contributed by atoms with Gasteiger partial charge in [-0.25, -0.2) is 0 Å². The van der Waals surface area contributed by atoms with E-state index in [4.69, 9.17) is 0 Å². The summed E-state index contributed by atoms with van der Waals surface area (Å²) in [5.74, 6) is 2.20. The summed E-state index contributed by atoms with van der Waals surface area (Å²) in [6.45, 7) is 2.10. The second kappa shape index (κ2) is 3.72. The van der Waals surface area contributed by atoms with Crippen LogP contribution in [0.1, 0.15) is 13.3 Å². The lowest BCUT2D eigenvalue weighted by Crippen LogP contribution is -2.18. The molecule has 0 radical (unpaired) electrons. The largest absolute Gasteiger partial charge is 0.469 e. The minimum absolute atomic E-state index is 0.0765. The smallest absolute Gasteiger partial charge is 0.307 e. The van der Waals surface area contributed by atoms with Crippen LogP contribution in [0.4, 0.5) is 0 Å². The maximum Gasteiger partial charge on any atom is 0.307 e. The van der Waals surface area contributed by atoms with Crippen LogP contribution in [-0.4, -0.2) is 28.7 Å². The highest BCUT2D eigenvalue weighted by Crippen LogP contribution is 2.45. The van der Waals surface area contributed by atoms with Crippen molar-refractivity contribution in [3.63, 3.8) is 0 Å². The SMILES string of the molecule is COC(=O)CC1(C)SCCS1. The van der Waals surface area contributed by atoms with Crippen LogP contribution in [0, 0.1) is 0 Å². The molecule has 0 amide bonds. The molecule has 0 unspecified atom stereocenters. The molecule has 0 spiro atoms. The number of hydrogen-bond acceptors (Lipinski definition) is 4. The summed E-state index contributed by atoms with van der Waals surface area (Å²) in [6.07, 6.45) is 0.527. The number of esters is 1. The van der Waals surface area contributed by atoms with Gasteiger partial charge in [-0.3, -0.25) is 4.79 Å². The monoisotopic (exact) mass is 192 g/mol. The molecule has 1 aliphatic rings. The van der Waals surface area contributed by atoms with Crippen LogP contribution in [-0.2, 0) is 9.53 Å². The van der Waals surface area contributed by atoms with Crippen LogP contribution in [0.25, 0.3) is 0 Å². The van der Waals surface area contributed by atoms with Gasteiger partial charge >= 0.3 is 5.97 Å². The number of carbonyl (C=O) groups excluding carboxylic acids is 1. The van der Waals surface area contributed by atoms with Gasteiger partial charge in [0.25, 0.3) is 0 Å². The summed E-state index contributed by atoms with van der Waals surface area (Å²) in [5, 5.41) is 0. The number of methoxy groups -OCH3 is 1. The highest BCUT2D eigenvalue weighted by molar-refractivity contribution is 8.21. The third-order valence-electron chi connectivity index (χ3n) is 1.59. The van der Waals surface area contributed by atoms with Crippen molar-refractivity contribution >= 4 is 29.5 Å². The molecule has 1 rings (SSSR count). The van der Waals surface area contributed by atoms with Gasteiger partial charge in [0.1, 0.15) is 0 Å². The zero-order valence-corrected chi connectivity index (χ0v) is 8.39. The molecular formula is C7H12O2S2. The van der Waals surface area contributed by atoms with Crippen molar-refractivity contribution < 1.29 is 9.53 Å². The molecule has 0 atom stereocenters. The maximum absolute atomic E-state index is 10.9. The van der Waals surface area contributed by atoms with E-state index in [0.717, 1.165) is 11.5 Å². The average molecular weight is 192 g/mol. The number of thioether (sulfide) groups is 2. The van der Waals surface area contributed by atoms with Crippen molar-refractivity contribution in [1.29, 1.82) is 0 Å². The Morgan fingerprint density at radius 3 is 2.55 bits per heavy atom. The van der Waals surface area contributed by atoms with Crippen molar-refractivity contribution in [2.75, 3.05) is 18.6 Å². The first-order valence-corrected chi connectivity index (χ1v) is 5.48. The molecule has 4 heteroatoms. The van der Waals surface area contributed by atoms with Crippen LogP contribution in [0.5, 0.6) is 0 Å². The van der Waals surface area contributed by atoms with Gasteiger partial charge in [0.2, 0.25) is 0 Å². The molecule has 1 saturated heterocycles. The maximum atomic E-state index is 10.9. The summed E-state index contributed by atoms with van der Waals surface area (Å²) >= 11 is 3.70. The van der Waals surface area contributed by atoms with E-state index in [1.54, 1.807) is 0 Å². The van der Waals surface area contributed by atoms with Gasteiger partial charge in [0.05, 0.1) is 17.6 Å². The third-order valence-corrected chi connectivity index (χ3v) is 4.88. The molecule has 0 aromatic rings. The predicted octanol–water partition coefficient (Wildman–Crippen LogP) is 1.75. The second-order valence-corrected chi connectivity index (χ2v) is 6.04. The number of rotatable bonds is 2. The Hall–Kier alpha value is 0.170. The predicted molar refractivity (Wildman–Crippen MR) is 50.0 cm³/mol. The molecule has 0 aromatic heterocycles. The van der Waals surface area contributed by atoms with Crippen LogP contribution < -0.4 is 0 Å². The Morgan fingerprint density at radius 2 is 2.09 bits per heavy atom. The highest BCUT2D eigenvalue weighted by Gasteiger charge is 2.32. The van der Waals surface area contributed by atoms with Gasteiger partial charge in [0, 0.05) is 11.5 Å². The normalized spacial score (nSPS) is 21.6. The second-order valence-electron chi connectivity index (χ2n) is 2.58. The van der Waals surface area contributed by atoms with E-state index in [1.807, 2.05) is 23.5 Å². The molecule has 0 aliphatic carbocycles. The number of ether oxygens (including phenoxy) is 1. The Labute approximate surface area is 75.4 Å². The summed E-state index contributed by atoms with van der Waals surface area (Å²) in [5.41, 5.74) is 0. The topological polar surface area (TPSA) is 26.3 Å². The van der Waals surface area contributed by atoms with E-state index < -0.39 is 0 Å². The minimum Gasteiger partial charge on any atom is -0.469 e. The summed E-state index contributed by atoms with van der Waals surface area (Å²) in [6, 6.07) is 0. The standard InChI is InChI=1S/C7H12O2S2/c1-7(5-6(8)9-2)10-3-4-11-7/h3-5H2,1-2H3. The van der Waals surface area contributed by atoms with Crippen molar-refractivity contribution in [2.45, 2.75) is 17.4 Å². The first-order chi connectivity index (χ1) is 5.16. The average Bonchev–Trinajstić information content (AvgIpc) is 2.36. The van der Waals surface area contributed by atoms with E-state index in [2.05, 4.69) is 11.7 Å². The van der Waals surface area contributed by atoms with Crippen LogP contribution in [0.3, 0.4) is 0 Å². The van der Waals surface area contributed by atoms with Crippen molar-refractivity contribution in [1.82, 2.24) is 0 Å². The summed E-state index contributed by atoms with van der Waals surface area (Å²) in [4.78, 5) is 10.9. The minimum atomic E-state index is -0.102. The Balaban J connectivity index is 2.39. The molecule has 0 bridgehead atoms. The molecule has 11 heavy (non-hydrogen) atoms. The molecule has 1 fully saturated rings. The molecule has 1 heterocycles. The van der Waals surface area contributed by atoms with Crippen molar-refractivity contribution in [3.8, 4) is 0 Å². The summed E-state index contributed by atoms with van der Waals surface area (Å²) < 4.78 is 4.69. The fraction of sp³-hybridized carbons (Fsp3) is 0.857. The van der Waals surface area contributed by atoms with E-state index in [9.17, 15) is 4.79 Å². The quantitative estimate of drug-likeness (QED) is 0.623. The number of carbonyl (C=O) groups is 1. The molecule has 0 saturated carbocycles. The summed E-state index contributed by atoms with van der Waals surface area (Å²) in [7, 11) is 1.44. The Bertz CT molecular complexity index is 153. The van der Waals surface area contributed by atoms with Crippen molar-refractivity contribution in [3.05, 3.63) is 0 Å². The Kier molecular flexibility index (Phi) is 3.13. The van der Waals surface area contributed by atoms with Crippen molar-refractivity contribution in [2.24, 2.45) is 0 Å². The van der Waals surface area contributed by atoms with E-state index in [-0.39, 0.29) is 10.0 Å². The zero-order chi connectivity index (χ0) is 8.32. The van der Waals surface area contributed by atoms with Gasteiger partial charge in [0.15, 0.2) is 0 Å². The fourth-order valence-electron chi connectivity index (χ4n) is 0.993. The molecule has 1 aliphatic heterocycles. The molecule has 0 N–H and O–H groups in total. The van der Waals surface area contributed by atoms with Gasteiger partial charge in [-0.1, -0.05) is 0 Å².